The lowest BCUT2D eigenvalue weighted by molar-refractivity contribution is 0.528. The van der Waals surface area contributed by atoms with Crippen molar-refractivity contribution in [1.82, 2.24) is 20.1 Å². The monoisotopic (exact) mass is 268 g/mol. The van der Waals surface area contributed by atoms with Crippen LogP contribution in [0.1, 0.15) is 24.4 Å². The molecule has 0 saturated heterocycles. The highest BCUT2D eigenvalue weighted by molar-refractivity contribution is 6.31. The Kier molecular flexibility index (Phi) is 3.93. The Morgan fingerprint density at radius 2 is 2.28 bits per heavy atom. The van der Waals surface area contributed by atoms with Crippen LogP contribution >= 0.6 is 11.6 Å². The Balaban J connectivity index is 2.01. The van der Waals surface area contributed by atoms with Crippen LogP contribution in [-0.2, 0) is 13.6 Å². The molecule has 0 spiro atoms. The molecule has 4 nitrogen and oxygen atoms in total. The maximum Gasteiger partial charge on any atom is 0.149 e. The molecule has 1 aromatic heterocycles. The minimum atomic E-state index is -0.329. The number of aryl methyl sites for hydroxylation is 1. The summed E-state index contributed by atoms with van der Waals surface area (Å²) in [5.41, 5.74) is 0.854. The maximum absolute atomic E-state index is 12.9. The summed E-state index contributed by atoms with van der Waals surface area (Å²) in [5, 5.41) is 11.5. The minimum absolute atomic E-state index is 0.0404. The van der Waals surface area contributed by atoms with Gasteiger partial charge in [-0.15, -0.1) is 10.2 Å². The number of rotatable bonds is 4. The Bertz CT molecular complexity index is 541. The van der Waals surface area contributed by atoms with Gasteiger partial charge >= 0.3 is 0 Å². The van der Waals surface area contributed by atoms with Gasteiger partial charge in [0.05, 0.1) is 6.04 Å². The average Bonchev–Trinajstić information content (AvgIpc) is 2.74. The van der Waals surface area contributed by atoms with E-state index in [1.54, 1.807) is 12.4 Å². The van der Waals surface area contributed by atoms with Crippen LogP contribution in [0, 0.1) is 5.82 Å². The lowest BCUT2D eigenvalue weighted by atomic mass is 10.2. The molecule has 0 fully saturated rings. The summed E-state index contributed by atoms with van der Waals surface area (Å²) in [4.78, 5) is 0. The van der Waals surface area contributed by atoms with Gasteiger partial charge in [0.2, 0.25) is 0 Å². The largest absolute Gasteiger partial charge is 0.319 e. The zero-order valence-corrected chi connectivity index (χ0v) is 10.9. The summed E-state index contributed by atoms with van der Waals surface area (Å²) >= 11 is 5.96. The second kappa shape index (κ2) is 5.46. The van der Waals surface area contributed by atoms with Crippen molar-refractivity contribution in [2.24, 2.45) is 7.05 Å². The summed E-state index contributed by atoms with van der Waals surface area (Å²) in [6.45, 7) is 2.54. The number of halogens is 2. The maximum atomic E-state index is 12.9. The van der Waals surface area contributed by atoms with Crippen molar-refractivity contribution in [2.75, 3.05) is 0 Å². The molecule has 0 aliphatic heterocycles. The summed E-state index contributed by atoms with van der Waals surface area (Å²) in [6, 6.07) is 4.42. The number of aromatic nitrogens is 3. The van der Waals surface area contributed by atoms with E-state index < -0.39 is 0 Å². The first kappa shape index (κ1) is 13.0. The summed E-state index contributed by atoms with van der Waals surface area (Å²) < 4.78 is 14.7. The molecule has 0 amide bonds. The standard InChI is InChI=1S/C12H14ClFN4/c1-8(12-17-16-7-18(12)2)15-6-9-3-4-10(14)5-11(9)13/h3-5,7-8,15H,6H2,1-2H3. The van der Waals surface area contributed by atoms with E-state index in [-0.39, 0.29) is 11.9 Å². The van der Waals surface area contributed by atoms with Crippen LogP contribution in [0.15, 0.2) is 24.5 Å². The number of nitrogens with zero attached hydrogens (tertiary/aromatic N) is 3. The third-order valence-electron chi connectivity index (χ3n) is 2.75. The van der Waals surface area contributed by atoms with Crippen molar-refractivity contribution in [3.63, 3.8) is 0 Å². The predicted octanol–water partition coefficient (Wildman–Crippen LogP) is 2.46. The van der Waals surface area contributed by atoms with Crippen LogP contribution in [0.3, 0.4) is 0 Å². The zero-order valence-electron chi connectivity index (χ0n) is 10.2. The molecule has 1 aromatic carbocycles. The molecule has 1 heterocycles. The number of hydrogen-bond donors (Lipinski definition) is 1. The predicted molar refractivity (Wildman–Crippen MR) is 67.7 cm³/mol. The van der Waals surface area contributed by atoms with Crippen molar-refractivity contribution in [1.29, 1.82) is 0 Å². The van der Waals surface area contributed by atoms with Gasteiger partial charge in [0, 0.05) is 18.6 Å². The SMILES string of the molecule is CC(NCc1ccc(F)cc1Cl)c1nncn1C. The first-order chi connectivity index (χ1) is 8.58. The van der Waals surface area contributed by atoms with Gasteiger partial charge in [-0.1, -0.05) is 17.7 Å². The molecule has 18 heavy (non-hydrogen) atoms. The molecule has 6 heteroatoms. The first-order valence-corrected chi connectivity index (χ1v) is 5.97. The van der Waals surface area contributed by atoms with Gasteiger partial charge in [0.1, 0.15) is 18.0 Å². The molecule has 0 aliphatic rings. The molecule has 1 atom stereocenters. The molecular formula is C12H14ClFN4. The number of hydrogen-bond acceptors (Lipinski definition) is 3. The van der Waals surface area contributed by atoms with Gasteiger partial charge in [-0.2, -0.15) is 0 Å². The smallest absolute Gasteiger partial charge is 0.149 e. The topological polar surface area (TPSA) is 42.7 Å². The number of benzene rings is 1. The van der Waals surface area contributed by atoms with E-state index in [2.05, 4.69) is 15.5 Å². The molecule has 0 radical (unpaired) electrons. The van der Waals surface area contributed by atoms with E-state index in [1.165, 1.54) is 12.1 Å². The van der Waals surface area contributed by atoms with Gasteiger partial charge in [-0.25, -0.2) is 4.39 Å². The van der Waals surface area contributed by atoms with Gasteiger partial charge in [0.25, 0.3) is 0 Å². The Labute approximate surface area is 110 Å². The summed E-state index contributed by atoms with van der Waals surface area (Å²) in [7, 11) is 1.89. The van der Waals surface area contributed by atoms with Gasteiger partial charge in [-0.3, -0.25) is 0 Å². The van der Waals surface area contributed by atoms with Crippen LogP contribution < -0.4 is 5.32 Å². The highest BCUT2D eigenvalue weighted by Crippen LogP contribution is 2.18. The fourth-order valence-electron chi connectivity index (χ4n) is 1.70. The zero-order chi connectivity index (χ0) is 13.1. The van der Waals surface area contributed by atoms with E-state index in [0.29, 0.717) is 11.6 Å². The first-order valence-electron chi connectivity index (χ1n) is 5.59. The van der Waals surface area contributed by atoms with E-state index in [9.17, 15) is 4.39 Å². The highest BCUT2D eigenvalue weighted by Gasteiger charge is 2.11. The van der Waals surface area contributed by atoms with Crippen LogP contribution in [0.5, 0.6) is 0 Å². The van der Waals surface area contributed by atoms with Crippen LogP contribution in [0.2, 0.25) is 5.02 Å². The van der Waals surface area contributed by atoms with Crippen molar-refractivity contribution in [3.05, 3.63) is 46.8 Å². The normalized spacial score (nSPS) is 12.7. The minimum Gasteiger partial charge on any atom is -0.319 e. The third kappa shape index (κ3) is 2.86. The summed E-state index contributed by atoms with van der Waals surface area (Å²) in [5.74, 6) is 0.512. The van der Waals surface area contributed by atoms with Crippen molar-refractivity contribution in [2.45, 2.75) is 19.5 Å². The van der Waals surface area contributed by atoms with Crippen molar-refractivity contribution in [3.8, 4) is 0 Å². The molecule has 0 bridgehead atoms. The number of nitrogens with one attached hydrogen (secondary N) is 1. The van der Waals surface area contributed by atoms with Crippen molar-refractivity contribution < 1.29 is 4.39 Å². The quantitative estimate of drug-likeness (QED) is 0.926. The Morgan fingerprint density at radius 1 is 1.50 bits per heavy atom. The second-order valence-corrected chi connectivity index (χ2v) is 4.55. The summed E-state index contributed by atoms with van der Waals surface area (Å²) in [6.07, 6.45) is 1.65. The second-order valence-electron chi connectivity index (χ2n) is 4.14. The third-order valence-corrected chi connectivity index (χ3v) is 3.10. The van der Waals surface area contributed by atoms with Gasteiger partial charge < -0.3 is 9.88 Å². The molecule has 2 rings (SSSR count). The van der Waals surface area contributed by atoms with Crippen LogP contribution in [0.25, 0.3) is 0 Å². The fraction of sp³-hybridized carbons (Fsp3) is 0.333. The van der Waals surface area contributed by atoms with Crippen LogP contribution in [0.4, 0.5) is 4.39 Å². The molecule has 2 aromatic rings. The molecule has 1 unspecified atom stereocenters. The lowest BCUT2D eigenvalue weighted by Gasteiger charge is -2.13. The molecule has 96 valence electrons. The molecule has 0 aliphatic carbocycles. The molecular weight excluding hydrogens is 255 g/mol. The Hall–Kier alpha value is -1.46. The van der Waals surface area contributed by atoms with Crippen LogP contribution in [-0.4, -0.2) is 14.8 Å². The van der Waals surface area contributed by atoms with Gasteiger partial charge in [-0.05, 0) is 24.6 Å². The average molecular weight is 269 g/mol. The van der Waals surface area contributed by atoms with E-state index in [4.69, 9.17) is 11.6 Å². The Morgan fingerprint density at radius 3 is 2.89 bits per heavy atom. The molecule has 0 saturated carbocycles. The van der Waals surface area contributed by atoms with E-state index >= 15 is 0 Å². The molecule has 1 N–H and O–H groups in total. The van der Waals surface area contributed by atoms with Gasteiger partial charge in [0.15, 0.2) is 0 Å². The van der Waals surface area contributed by atoms with E-state index in [0.717, 1.165) is 11.4 Å². The lowest BCUT2D eigenvalue weighted by Crippen LogP contribution is -2.21. The highest BCUT2D eigenvalue weighted by atomic mass is 35.5. The van der Waals surface area contributed by atoms with Crippen molar-refractivity contribution >= 4 is 11.6 Å². The van der Waals surface area contributed by atoms with E-state index in [1.807, 2.05) is 18.5 Å². The fourth-order valence-corrected chi connectivity index (χ4v) is 1.94.